The summed E-state index contributed by atoms with van der Waals surface area (Å²) in [6, 6.07) is 9.68. The lowest BCUT2D eigenvalue weighted by molar-refractivity contribution is 0.0951. The first-order chi connectivity index (χ1) is 13.5. The normalized spacial score (nSPS) is 14.7. The number of anilines is 1. The Bertz CT molecular complexity index is 910. The summed E-state index contributed by atoms with van der Waals surface area (Å²) in [6.45, 7) is 5.34. The summed E-state index contributed by atoms with van der Waals surface area (Å²) in [5, 5.41) is 2.85. The molecule has 2 heterocycles. The first-order valence-electron chi connectivity index (χ1n) is 9.15. The third-order valence-electron chi connectivity index (χ3n) is 4.36. The molecule has 0 bridgehead atoms. The number of hydrogen-bond donors (Lipinski definition) is 2. The van der Waals surface area contributed by atoms with Gasteiger partial charge >= 0.3 is 0 Å². The average Bonchev–Trinajstić information content (AvgIpc) is 2.73. The summed E-state index contributed by atoms with van der Waals surface area (Å²) < 4.78 is 31.7. The number of aromatic nitrogens is 1. The summed E-state index contributed by atoms with van der Waals surface area (Å²) in [5.41, 5.74) is 1.34. The Morgan fingerprint density at radius 3 is 2.57 bits per heavy atom. The van der Waals surface area contributed by atoms with Crippen molar-refractivity contribution in [1.82, 2.24) is 15.0 Å². The maximum absolute atomic E-state index is 12.4. The molecule has 28 heavy (non-hydrogen) atoms. The largest absolute Gasteiger partial charge is 0.378 e. The third kappa shape index (κ3) is 5.06. The minimum absolute atomic E-state index is 0.134. The molecule has 1 fully saturated rings. The highest BCUT2D eigenvalue weighted by atomic mass is 32.2. The lowest BCUT2D eigenvalue weighted by Gasteiger charge is -2.28. The summed E-state index contributed by atoms with van der Waals surface area (Å²) in [7, 11) is -3.53. The number of carbonyl (C=O) groups excluding carboxylic acids is 1. The maximum atomic E-state index is 12.4. The molecule has 1 aromatic heterocycles. The van der Waals surface area contributed by atoms with Crippen LogP contribution in [0.4, 0.5) is 5.82 Å². The van der Waals surface area contributed by atoms with Gasteiger partial charge in [0.15, 0.2) is 0 Å². The van der Waals surface area contributed by atoms with Crippen molar-refractivity contribution in [3.63, 3.8) is 0 Å². The zero-order chi connectivity index (χ0) is 20.0. The van der Waals surface area contributed by atoms with Crippen molar-refractivity contribution in [2.24, 2.45) is 0 Å². The second-order valence-electron chi connectivity index (χ2n) is 6.33. The molecule has 0 aliphatic carbocycles. The van der Waals surface area contributed by atoms with Gasteiger partial charge in [-0.3, -0.25) is 4.79 Å². The first-order valence-corrected chi connectivity index (χ1v) is 10.6. The maximum Gasteiger partial charge on any atom is 0.251 e. The molecule has 1 aliphatic heterocycles. The number of benzene rings is 1. The quantitative estimate of drug-likeness (QED) is 0.718. The first kappa shape index (κ1) is 20.2. The van der Waals surface area contributed by atoms with E-state index in [-0.39, 0.29) is 10.8 Å². The van der Waals surface area contributed by atoms with Crippen molar-refractivity contribution in [2.75, 3.05) is 37.7 Å². The molecule has 0 atom stereocenters. The van der Waals surface area contributed by atoms with Crippen LogP contribution >= 0.6 is 0 Å². The number of sulfonamides is 1. The molecule has 0 spiro atoms. The molecule has 9 heteroatoms. The van der Waals surface area contributed by atoms with Gasteiger partial charge in [0.2, 0.25) is 10.0 Å². The lowest BCUT2D eigenvalue weighted by Crippen LogP contribution is -2.36. The smallest absolute Gasteiger partial charge is 0.251 e. The van der Waals surface area contributed by atoms with E-state index in [9.17, 15) is 13.2 Å². The van der Waals surface area contributed by atoms with E-state index in [0.717, 1.165) is 24.5 Å². The Hall–Kier alpha value is -2.49. The summed E-state index contributed by atoms with van der Waals surface area (Å²) >= 11 is 0. The number of pyridine rings is 1. The van der Waals surface area contributed by atoms with Crippen LogP contribution in [0.5, 0.6) is 0 Å². The van der Waals surface area contributed by atoms with Crippen LogP contribution < -0.4 is 14.9 Å². The van der Waals surface area contributed by atoms with Gasteiger partial charge < -0.3 is 15.0 Å². The van der Waals surface area contributed by atoms with Gasteiger partial charge in [-0.05, 0) is 42.0 Å². The molecule has 1 amide bonds. The van der Waals surface area contributed by atoms with Crippen molar-refractivity contribution in [3.8, 4) is 0 Å². The molecule has 1 saturated heterocycles. The Balaban J connectivity index is 1.61. The number of ether oxygens (including phenoxy) is 1. The number of morpholine rings is 1. The number of amides is 1. The third-order valence-corrected chi connectivity index (χ3v) is 5.92. The number of carbonyl (C=O) groups is 1. The minimum Gasteiger partial charge on any atom is -0.378 e. The molecule has 1 aliphatic rings. The van der Waals surface area contributed by atoms with Crippen LogP contribution in [-0.4, -0.2) is 52.2 Å². The molecule has 1 aromatic carbocycles. The van der Waals surface area contributed by atoms with Crippen LogP contribution in [0.1, 0.15) is 22.8 Å². The molecule has 0 saturated carbocycles. The molecular formula is C19H24N4O4S. The van der Waals surface area contributed by atoms with Crippen molar-refractivity contribution >= 4 is 21.7 Å². The summed E-state index contributed by atoms with van der Waals surface area (Å²) in [6.07, 6.45) is 1.73. The van der Waals surface area contributed by atoms with Gasteiger partial charge in [0.25, 0.3) is 5.91 Å². The molecule has 3 rings (SSSR count). The van der Waals surface area contributed by atoms with E-state index in [4.69, 9.17) is 4.74 Å². The van der Waals surface area contributed by atoms with Gasteiger partial charge in [-0.25, -0.2) is 18.1 Å². The fourth-order valence-electron chi connectivity index (χ4n) is 2.88. The topological polar surface area (TPSA) is 101 Å². The van der Waals surface area contributed by atoms with Crippen LogP contribution in [0.3, 0.4) is 0 Å². The summed E-state index contributed by atoms with van der Waals surface area (Å²) in [4.78, 5) is 19.0. The second kappa shape index (κ2) is 9.13. The lowest BCUT2D eigenvalue weighted by atomic mass is 10.2. The number of rotatable bonds is 7. The van der Waals surface area contributed by atoms with Crippen LogP contribution in [0.25, 0.3) is 0 Å². The predicted molar refractivity (Wildman–Crippen MR) is 106 cm³/mol. The Kier molecular flexibility index (Phi) is 6.61. The zero-order valence-corrected chi connectivity index (χ0v) is 16.5. The SMILES string of the molecule is CCNS(=O)(=O)c1ccc(C(=O)NCc2ccnc(N3CCOCC3)c2)cc1. The van der Waals surface area contributed by atoms with E-state index >= 15 is 0 Å². The molecule has 0 radical (unpaired) electrons. The fourth-order valence-corrected chi connectivity index (χ4v) is 3.92. The van der Waals surface area contributed by atoms with Gasteiger partial charge in [0.1, 0.15) is 5.82 Å². The number of hydrogen-bond acceptors (Lipinski definition) is 6. The highest BCUT2D eigenvalue weighted by molar-refractivity contribution is 7.89. The van der Waals surface area contributed by atoms with Gasteiger partial charge in [0.05, 0.1) is 18.1 Å². The molecule has 2 N–H and O–H groups in total. The molecule has 2 aromatic rings. The fraction of sp³-hybridized carbons (Fsp3) is 0.368. The average molecular weight is 404 g/mol. The van der Waals surface area contributed by atoms with E-state index in [0.29, 0.717) is 31.9 Å². The Morgan fingerprint density at radius 2 is 1.89 bits per heavy atom. The minimum atomic E-state index is -3.53. The van der Waals surface area contributed by atoms with E-state index in [1.54, 1.807) is 13.1 Å². The van der Waals surface area contributed by atoms with E-state index in [2.05, 4.69) is 19.9 Å². The van der Waals surface area contributed by atoms with Crippen LogP contribution in [-0.2, 0) is 21.3 Å². The molecular weight excluding hydrogens is 380 g/mol. The van der Waals surface area contributed by atoms with Crippen LogP contribution in [0, 0.1) is 0 Å². The monoisotopic (exact) mass is 404 g/mol. The van der Waals surface area contributed by atoms with Crippen molar-refractivity contribution in [3.05, 3.63) is 53.7 Å². The zero-order valence-electron chi connectivity index (χ0n) is 15.7. The van der Waals surface area contributed by atoms with Crippen LogP contribution in [0.2, 0.25) is 0 Å². The number of nitrogens with one attached hydrogen (secondary N) is 2. The molecule has 150 valence electrons. The standard InChI is InChI=1S/C19H24N4O4S/c1-2-22-28(25,26)17-5-3-16(4-6-17)19(24)21-14-15-7-8-20-18(13-15)23-9-11-27-12-10-23/h3-8,13,22H,2,9-12,14H2,1H3,(H,21,24). The van der Waals surface area contributed by atoms with Gasteiger partial charge in [-0.15, -0.1) is 0 Å². The van der Waals surface area contributed by atoms with Crippen molar-refractivity contribution < 1.29 is 17.9 Å². The number of nitrogens with zero attached hydrogens (tertiary/aromatic N) is 2. The van der Waals surface area contributed by atoms with E-state index in [1.807, 2.05) is 12.1 Å². The Labute approximate surface area is 165 Å². The van der Waals surface area contributed by atoms with Crippen molar-refractivity contribution in [1.29, 1.82) is 0 Å². The second-order valence-corrected chi connectivity index (χ2v) is 8.10. The van der Waals surface area contributed by atoms with Gasteiger partial charge in [-0.1, -0.05) is 6.92 Å². The van der Waals surface area contributed by atoms with Gasteiger partial charge in [-0.2, -0.15) is 0 Å². The molecule has 0 unspecified atom stereocenters. The predicted octanol–water partition coefficient (Wildman–Crippen LogP) is 1.15. The molecule has 8 nitrogen and oxygen atoms in total. The van der Waals surface area contributed by atoms with Crippen molar-refractivity contribution in [2.45, 2.75) is 18.4 Å². The van der Waals surface area contributed by atoms with Gasteiger partial charge in [0, 0.05) is 37.9 Å². The highest BCUT2D eigenvalue weighted by Crippen LogP contribution is 2.15. The summed E-state index contributed by atoms with van der Waals surface area (Å²) in [5.74, 6) is 0.602. The van der Waals surface area contributed by atoms with Crippen LogP contribution in [0.15, 0.2) is 47.5 Å². The highest BCUT2D eigenvalue weighted by Gasteiger charge is 2.15. The Morgan fingerprint density at radius 1 is 1.18 bits per heavy atom. The van der Waals surface area contributed by atoms with E-state index in [1.165, 1.54) is 24.3 Å². The van der Waals surface area contributed by atoms with E-state index < -0.39 is 10.0 Å².